The van der Waals surface area contributed by atoms with Gasteiger partial charge in [0.05, 0.1) is 17.6 Å². The van der Waals surface area contributed by atoms with Crippen LogP contribution in [0.4, 0.5) is 10.3 Å². The number of halogens is 1. The van der Waals surface area contributed by atoms with Crippen LogP contribution in [0.15, 0.2) is 18.2 Å². The van der Waals surface area contributed by atoms with Gasteiger partial charge in [0.1, 0.15) is 5.82 Å². The molecule has 2 aromatic rings. The van der Waals surface area contributed by atoms with Crippen molar-refractivity contribution >= 4 is 22.9 Å². The highest BCUT2D eigenvalue weighted by Gasteiger charge is 2.04. The predicted octanol–water partition coefficient (Wildman–Crippen LogP) is 1.27. The standard InChI is InChI=1S/C13H17FN4O2/c1-20-7-6-15-12(19)4-5-16-13-17-10-3-2-9(14)8-11(10)18-13/h2-3,8H,4-7H2,1H3,(H,15,19)(H2,16,17,18). The van der Waals surface area contributed by atoms with Crippen molar-refractivity contribution < 1.29 is 13.9 Å². The van der Waals surface area contributed by atoms with Gasteiger partial charge >= 0.3 is 0 Å². The van der Waals surface area contributed by atoms with Crippen molar-refractivity contribution in [2.24, 2.45) is 0 Å². The van der Waals surface area contributed by atoms with Crippen molar-refractivity contribution in [1.82, 2.24) is 15.3 Å². The molecule has 3 N–H and O–H groups in total. The minimum absolute atomic E-state index is 0.0586. The van der Waals surface area contributed by atoms with Gasteiger partial charge in [0, 0.05) is 26.6 Å². The normalized spacial score (nSPS) is 10.7. The number of H-pyrrole nitrogens is 1. The van der Waals surface area contributed by atoms with Crippen molar-refractivity contribution in [1.29, 1.82) is 0 Å². The summed E-state index contributed by atoms with van der Waals surface area (Å²) in [7, 11) is 1.58. The van der Waals surface area contributed by atoms with Gasteiger partial charge in [0.15, 0.2) is 0 Å². The van der Waals surface area contributed by atoms with Gasteiger partial charge in [-0.05, 0) is 18.2 Å². The molecule has 0 saturated heterocycles. The number of aromatic amines is 1. The molecule has 20 heavy (non-hydrogen) atoms. The molecule has 1 amide bonds. The summed E-state index contributed by atoms with van der Waals surface area (Å²) < 4.78 is 17.9. The number of hydrogen-bond acceptors (Lipinski definition) is 4. The van der Waals surface area contributed by atoms with Gasteiger partial charge in [-0.3, -0.25) is 4.79 Å². The molecule has 1 aromatic carbocycles. The summed E-state index contributed by atoms with van der Waals surface area (Å²) >= 11 is 0. The Balaban J connectivity index is 1.79. The Bertz CT molecular complexity index is 585. The Labute approximate surface area is 115 Å². The van der Waals surface area contributed by atoms with Crippen molar-refractivity contribution in [2.75, 3.05) is 32.1 Å². The Hall–Kier alpha value is -2.15. The Morgan fingerprint density at radius 3 is 3.10 bits per heavy atom. The van der Waals surface area contributed by atoms with E-state index in [2.05, 4.69) is 20.6 Å². The van der Waals surface area contributed by atoms with Crippen LogP contribution < -0.4 is 10.6 Å². The van der Waals surface area contributed by atoms with E-state index in [1.165, 1.54) is 12.1 Å². The number of methoxy groups -OCH3 is 1. The first-order valence-electron chi connectivity index (χ1n) is 6.34. The molecule has 0 atom stereocenters. The van der Waals surface area contributed by atoms with Crippen LogP contribution in [0.3, 0.4) is 0 Å². The van der Waals surface area contributed by atoms with E-state index in [-0.39, 0.29) is 11.7 Å². The SMILES string of the molecule is COCCNC(=O)CCNc1nc2ccc(F)cc2[nH]1. The van der Waals surface area contributed by atoms with Crippen LogP contribution in [0.25, 0.3) is 11.0 Å². The number of imidazole rings is 1. The zero-order valence-corrected chi connectivity index (χ0v) is 11.2. The lowest BCUT2D eigenvalue weighted by Crippen LogP contribution is -2.28. The quantitative estimate of drug-likeness (QED) is 0.667. The number of anilines is 1. The maximum atomic E-state index is 13.0. The molecule has 0 aliphatic rings. The minimum Gasteiger partial charge on any atom is -0.383 e. The van der Waals surface area contributed by atoms with Gasteiger partial charge in [-0.15, -0.1) is 0 Å². The minimum atomic E-state index is -0.315. The number of fused-ring (bicyclic) bond motifs is 1. The summed E-state index contributed by atoms with van der Waals surface area (Å²) in [4.78, 5) is 18.6. The van der Waals surface area contributed by atoms with E-state index in [1.807, 2.05) is 0 Å². The number of nitrogens with zero attached hydrogens (tertiary/aromatic N) is 1. The summed E-state index contributed by atoms with van der Waals surface area (Å²) in [5, 5.41) is 5.71. The first-order valence-corrected chi connectivity index (χ1v) is 6.34. The van der Waals surface area contributed by atoms with Crippen LogP contribution in [0, 0.1) is 5.82 Å². The van der Waals surface area contributed by atoms with Crippen molar-refractivity contribution in [2.45, 2.75) is 6.42 Å². The smallest absolute Gasteiger partial charge is 0.221 e. The Morgan fingerprint density at radius 2 is 2.30 bits per heavy atom. The molecule has 6 nitrogen and oxygen atoms in total. The van der Waals surface area contributed by atoms with Crippen molar-refractivity contribution in [3.63, 3.8) is 0 Å². The van der Waals surface area contributed by atoms with E-state index in [9.17, 15) is 9.18 Å². The van der Waals surface area contributed by atoms with Crippen molar-refractivity contribution in [3.8, 4) is 0 Å². The molecular weight excluding hydrogens is 263 g/mol. The average Bonchev–Trinajstić information content (AvgIpc) is 2.81. The van der Waals surface area contributed by atoms with Crippen LogP contribution in [0.1, 0.15) is 6.42 Å². The number of ether oxygens (including phenoxy) is 1. The molecule has 0 bridgehead atoms. The topological polar surface area (TPSA) is 79.0 Å². The van der Waals surface area contributed by atoms with Gasteiger partial charge in [0.2, 0.25) is 11.9 Å². The zero-order chi connectivity index (χ0) is 14.4. The molecule has 0 radical (unpaired) electrons. The maximum Gasteiger partial charge on any atom is 0.221 e. The summed E-state index contributed by atoms with van der Waals surface area (Å²) in [6.07, 6.45) is 0.328. The predicted molar refractivity (Wildman–Crippen MR) is 74.0 cm³/mol. The molecule has 1 aromatic heterocycles. The highest BCUT2D eigenvalue weighted by molar-refractivity contribution is 5.78. The lowest BCUT2D eigenvalue weighted by molar-refractivity contribution is -0.121. The van der Waals surface area contributed by atoms with Crippen LogP contribution in [0.2, 0.25) is 0 Å². The van der Waals surface area contributed by atoms with Gasteiger partial charge in [-0.1, -0.05) is 0 Å². The van der Waals surface area contributed by atoms with Gasteiger partial charge in [-0.2, -0.15) is 0 Å². The Kier molecular flexibility index (Phi) is 4.89. The molecule has 0 aliphatic carbocycles. The lowest BCUT2D eigenvalue weighted by atomic mass is 10.3. The first-order chi connectivity index (χ1) is 9.69. The van der Waals surface area contributed by atoms with Crippen LogP contribution in [0.5, 0.6) is 0 Å². The fourth-order valence-electron chi connectivity index (χ4n) is 1.74. The number of carbonyl (C=O) groups is 1. The fourth-order valence-corrected chi connectivity index (χ4v) is 1.74. The van der Waals surface area contributed by atoms with Gasteiger partial charge < -0.3 is 20.4 Å². The van der Waals surface area contributed by atoms with E-state index in [1.54, 1.807) is 13.2 Å². The number of aromatic nitrogens is 2. The first kappa shape index (κ1) is 14.3. The van der Waals surface area contributed by atoms with E-state index in [4.69, 9.17) is 4.74 Å². The monoisotopic (exact) mass is 280 g/mol. The van der Waals surface area contributed by atoms with E-state index in [0.717, 1.165) is 0 Å². The lowest BCUT2D eigenvalue weighted by Gasteiger charge is -2.04. The van der Waals surface area contributed by atoms with Crippen LogP contribution >= 0.6 is 0 Å². The molecule has 0 fully saturated rings. The number of amides is 1. The fraction of sp³-hybridized carbons (Fsp3) is 0.385. The number of benzene rings is 1. The second-order valence-corrected chi connectivity index (χ2v) is 4.27. The third-order valence-electron chi connectivity index (χ3n) is 2.72. The third-order valence-corrected chi connectivity index (χ3v) is 2.72. The zero-order valence-electron chi connectivity index (χ0n) is 11.2. The van der Waals surface area contributed by atoms with Crippen molar-refractivity contribution in [3.05, 3.63) is 24.0 Å². The highest BCUT2D eigenvalue weighted by atomic mass is 19.1. The number of nitrogens with one attached hydrogen (secondary N) is 3. The largest absolute Gasteiger partial charge is 0.383 e. The molecule has 0 spiro atoms. The molecule has 0 aliphatic heterocycles. The summed E-state index contributed by atoms with van der Waals surface area (Å²) in [5.41, 5.74) is 1.30. The molecule has 2 rings (SSSR count). The molecule has 108 valence electrons. The molecular formula is C13H17FN4O2. The summed E-state index contributed by atoms with van der Waals surface area (Å²) in [6.45, 7) is 1.44. The van der Waals surface area contributed by atoms with Gasteiger partial charge in [-0.25, -0.2) is 9.37 Å². The average molecular weight is 280 g/mol. The van der Waals surface area contributed by atoms with Crippen LogP contribution in [-0.4, -0.2) is 42.7 Å². The number of rotatable bonds is 7. The van der Waals surface area contributed by atoms with Gasteiger partial charge in [0.25, 0.3) is 0 Å². The van der Waals surface area contributed by atoms with Crippen LogP contribution in [-0.2, 0) is 9.53 Å². The summed E-state index contributed by atoms with van der Waals surface area (Å²) in [6, 6.07) is 4.34. The second kappa shape index (κ2) is 6.85. The Morgan fingerprint density at radius 1 is 1.45 bits per heavy atom. The molecule has 0 saturated carbocycles. The molecule has 7 heteroatoms. The second-order valence-electron chi connectivity index (χ2n) is 4.27. The summed E-state index contributed by atoms with van der Waals surface area (Å²) in [5.74, 6) is 0.150. The van der Waals surface area contributed by atoms with E-state index < -0.39 is 0 Å². The molecule has 1 heterocycles. The van der Waals surface area contributed by atoms with E-state index >= 15 is 0 Å². The number of hydrogen-bond donors (Lipinski definition) is 3. The number of carbonyl (C=O) groups excluding carboxylic acids is 1. The maximum absolute atomic E-state index is 13.0. The third kappa shape index (κ3) is 3.92. The van der Waals surface area contributed by atoms with E-state index in [0.29, 0.717) is 43.1 Å². The molecule has 0 unspecified atom stereocenters. The highest BCUT2D eigenvalue weighted by Crippen LogP contribution is 2.15.